The Hall–Kier alpha value is -1.26. The lowest BCUT2D eigenvalue weighted by Crippen LogP contribution is -2.18. The van der Waals surface area contributed by atoms with Crippen LogP contribution >= 0.6 is 0 Å². The van der Waals surface area contributed by atoms with Gasteiger partial charge in [-0.2, -0.15) is 0 Å². The van der Waals surface area contributed by atoms with Crippen LogP contribution in [0.2, 0.25) is 0 Å². The van der Waals surface area contributed by atoms with Crippen LogP contribution in [0.3, 0.4) is 0 Å². The number of benzene rings is 1. The molecule has 0 N–H and O–H groups in total. The minimum absolute atomic E-state index is 0.628. The second-order valence-electron chi connectivity index (χ2n) is 3.06. The number of hydrogen-bond donors (Lipinski definition) is 0. The van der Waals surface area contributed by atoms with Crippen molar-refractivity contribution in [3.05, 3.63) is 29.6 Å². The van der Waals surface area contributed by atoms with Crippen molar-refractivity contribution >= 4 is 0 Å². The topological polar surface area (TPSA) is 9.23 Å². The number of rotatable bonds is 3. The molecular formula is C10H10F4O. The second-order valence-corrected chi connectivity index (χ2v) is 3.06. The first-order valence-corrected chi connectivity index (χ1v) is 4.46. The van der Waals surface area contributed by atoms with Crippen molar-refractivity contribution in [2.45, 2.75) is 26.1 Å². The molecule has 0 aliphatic carbocycles. The molecule has 0 saturated heterocycles. The number of hydrogen-bond acceptors (Lipinski definition) is 1. The Bertz CT molecular complexity index is 333. The average Bonchev–Trinajstić information content (AvgIpc) is 2.08. The SMILES string of the molecule is CCCc1ccc(OC(F)(F)F)c(F)c1. The van der Waals surface area contributed by atoms with Gasteiger partial charge in [0.1, 0.15) is 0 Å². The maximum absolute atomic E-state index is 13.1. The third kappa shape index (κ3) is 3.77. The van der Waals surface area contributed by atoms with Gasteiger partial charge in [0.25, 0.3) is 0 Å². The van der Waals surface area contributed by atoms with Crippen LogP contribution in [0.4, 0.5) is 17.6 Å². The maximum Gasteiger partial charge on any atom is 0.573 e. The first kappa shape index (κ1) is 11.8. The molecule has 0 fully saturated rings. The monoisotopic (exact) mass is 222 g/mol. The average molecular weight is 222 g/mol. The van der Waals surface area contributed by atoms with Crippen LogP contribution < -0.4 is 4.74 Å². The molecule has 0 radical (unpaired) electrons. The predicted molar refractivity (Wildman–Crippen MR) is 47.1 cm³/mol. The number of ether oxygens (including phenoxy) is 1. The van der Waals surface area contributed by atoms with Gasteiger partial charge in [-0.15, -0.1) is 13.2 Å². The number of aryl methyl sites for hydroxylation is 1. The van der Waals surface area contributed by atoms with Crippen LogP contribution in [0, 0.1) is 5.82 Å². The van der Waals surface area contributed by atoms with Gasteiger partial charge < -0.3 is 4.74 Å². The molecular weight excluding hydrogens is 212 g/mol. The van der Waals surface area contributed by atoms with E-state index in [2.05, 4.69) is 4.74 Å². The normalized spacial score (nSPS) is 11.5. The third-order valence-electron chi connectivity index (χ3n) is 1.76. The molecule has 0 spiro atoms. The lowest BCUT2D eigenvalue weighted by molar-refractivity contribution is -0.275. The van der Waals surface area contributed by atoms with Crippen LogP contribution in [0.1, 0.15) is 18.9 Å². The van der Waals surface area contributed by atoms with E-state index in [-0.39, 0.29) is 0 Å². The van der Waals surface area contributed by atoms with Gasteiger partial charge in [0.15, 0.2) is 11.6 Å². The van der Waals surface area contributed by atoms with Crippen molar-refractivity contribution in [2.75, 3.05) is 0 Å². The van der Waals surface area contributed by atoms with Crippen LogP contribution in [-0.4, -0.2) is 6.36 Å². The summed E-state index contributed by atoms with van der Waals surface area (Å²) < 4.78 is 51.9. The lowest BCUT2D eigenvalue weighted by Gasteiger charge is -2.10. The Morgan fingerprint density at radius 3 is 2.40 bits per heavy atom. The van der Waals surface area contributed by atoms with Crippen molar-refractivity contribution in [1.29, 1.82) is 0 Å². The molecule has 0 unspecified atom stereocenters. The molecule has 15 heavy (non-hydrogen) atoms. The van der Waals surface area contributed by atoms with E-state index in [9.17, 15) is 17.6 Å². The first-order valence-electron chi connectivity index (χ1n) is 4.46. The van der Waals surface area contributed by atoms with Crippen molar-refractivity contribution < 1.29 is 22.3 Å². The Morgan fingerprint density at radius 2 is 1.93 bits per heavy atom. The molecule has 0 atom stereocenters. The summed E-state index contributed by atoms with van der Waals surface area (Å²) in [5.74, 6) is -1.78. The lowest BCUT2D eigenvalue weighted by atomic mass is 10.1. The van der Waals surface area contributed by atoms with E-state index in [1.165, 1.54) is 6.07 Å². The van der Waals surface area contributed by atoms with E-state index in [0.29, 0.717) is 12.0 Å². The molecule has 5 heteroatoms. The Balaban J connectivity index is 2.84. The first-order chi connectivity index (χ1) is 6.92. The van der Waals surface area contributed by atoms with Crippen LogP contribution in [0.5, 0.6) is 5.75 Å². The van der Waals surface area contributed by atoms with Crippen LogP contribution in [0.25, 0.3) is 0 Å². The minimum atomic E-state index is -4.85. The van der Waals surface area contributed by atoms with Crippen molar-refractivity contribution in [3.8, 4) is 5.75 Å². The summed E-state index contributed by atoms with van der Waals surface area (Å²) >= 11 is 0. The highest BCUT2D eigenvalue weighted by Gasteiger charge is 2.32. The Morgan fingerprint density at radius 1 is 1.27 bits per heavy atom. The van der Waals surface area contributed by atoms with Crippen LogP contribution in [0.15, 0.2) is 18.2 Å². The summed E-state index contributed by atoms with van der Waals surface area (Å²) in [5.41, 5.74) is 0.657. The van der Waals surface area contributed by atoms with E-state index in [0.717, 1.165) is 18.6 Å². The summed E-state index contributed by atoms with van der Waals surface area (Å²) in [7, 11) is 0. The zero-order valence-electron chi connectivity index (χ0n) is 8.07. The quantitative estimate of drug-likeness (QED) is 0.709. The van der Waals surface area contributed by atoms with Gasteiger partial charge >= 0.3 is 6.36 Å². The predicted octanol–water partition coefficient (Wildman–Crippen LogP) is 3.68. The molecule has 1 rings (SSSR count). The molecule has 0 aliphatic rings. The van der Waals surface area contributed by atoms with Gasteiger partial charge in [-0.1, -0.05) is 19.4 Å². The molecule has 1 aromatic carbocycles. The standard InChI is InChI=1S/C10H10F4O/c1-2-3-7-4-5-9(8(11)6-7)15-10(12,13)14/h4-6H,2-3H2,1H3. The van der Waals surface area contributed by atoms with E-state index in [1.54, 1.807) is 0 Å². The fourth-order valence-electron chi connectivity index (χ4n) is 1.20. The molecule has 84 valence electrons. The molecule has 0 amide bonds. The van der Waals surface area contributed by atoms with Crippen molar-refractivity contribution in [3.63, 3.8) is 0 Å². The van der Waals surface area contributed by atoms with Gasteiger partial charge in [0.2, 0.25) is 0 Å². The fourth-order valence-corrected chi connectivity index (χ4v) is 1.20. The molecule has 0 bridgehead atoms. The van der Waals surface area contributed by atoms with Gasteiger partial charge in [-0.3, -0.25) is 0 Å². The molecule has 0 saturated carbocycles. The highest BCUT2D eigenvalue weighted by molar-refractivity contribution is 5.29. The maximum atomic E-state index is 13.1. The number of alkyl halides is 3. The zero-order chi connectivity index (χ0) is 11.5. The van der Waals surface area contributed by atoms with Gasteiger partial charge in [-0.05, 0) is 24.1 Å². The van der Waals surface area contributed by atoms with Crippen molar-refractivity contribution in [1.82, 2.24) is 0 Å². The fraction of sp³-hybridized carbons (Fsp3) is 0.400. The molecule has 0 heterocycles. The summed E-state index contributed by atoms with van der Waals surface area (Å²) in [6, 6.07) is 3.48. The largest absolute Gasteiger partial charge is 0.573 e. The molecule has 0 aromatic heterocycles. The highest BCUT2D eigenvalue weighted by Crippen LogP contribution is 2.26. The molecule has 0 aliphatic heterocycles. The van der Waals surface area contributed by atoms with E-state index >= 15 is 0 Å². The summed E-state index contributed by atoms with van der Waals surface area (Å²) in [6.07, 6.45) is -3.42. The van der Waals surface area contributed by atoms with E-state index in [4.69, 9.17) is 0 Å². The summed E-state index contributed by atoms with van der Waals surface area (Å²) in [5, 5.41) is 0. The smallest absolute Gasteiger partial charge is 0.403 e. The van der Waals surface area contributed by atoms with E-state index < -0.39 is 17.9 Å². The third-order valence-corrected chi connectivity index (χ3v) is 1.76. The Labute approximate surface area is 84.7 Å². The summed E-state index contributed by atoms with van der Waals surface area (Å²) in [4.78, 5) is 0. The van der Waals surface area contributed by atoms with Crippen LogP contribution in [-0.2, 0) is 6.42 Å². The number of halogens is 4. The molecule has 1 aromatic rings. The Kier molecular flexibility index (Phi) is 3.55. The second kappa shape index (κ2) is 4.51. The molecule has 1 nitrogen and oxygen atoms in total. The summed E-state index contributed by atoms with van der Waals surface area (Å²) in [6.45, 7) is 1.90. The van der Waals surface area contributed by atoms with Crippen molar-refractivity contribution in [2.24, 2.45) is 0 Å². The zero-order valence-corrected chi connectivity index (χ0v) is 8.07. The highest BCUT2D eigenvalue weighted by atomic mass is 19.4. The minimum Gasteiger partial charge on any atom is -0.403 e. The van der Waals surface area contributed by atoms with E-state index in [1.807, 2.05) is 6.92 Å². The van der Waals surface area contributed by atoms with Gasteiger partial charge in [0, 0.05) is 0 Å². The van der Waals surface area contributed by atoms with Gasteiger partial charge in [0.05, 0.1) is 0 Å². The van der Waals surface area contributed by atoms with Gasteiger partial charge in [-0.25, -0.2) is 4.39 Å².